The van der Waals surface area contributed by atoms with Crippen molar-refractivity contribution in [1.29, 1.82) is 0 Å². The fraction of sp³-hybridized carbons (Fsp3) is 1.00. The Kier molecular flexibility index (Phi) is 8.07. The molecule has 0 spiro atoms. The second kappa shape index (κ2) is 8.20. The van der Waals surface area contributed by atoms with Crippen molar-refractivity contribution in [2.75, 3.05) is 19.8 Å². The summed E-state index contributed by atoms with van der Waals surface area (Å²) in [5.41, 5.74) is -4.02. The molecule has 0 radical (unpaired) electrons. The van der Waals surface area contributed by atoms with Crippen LogP contribution in [-0.2, 0) is 0 Å². The van der Waals surface area contributed by atoms with Crippen molar-refractivity contribution in [3.63, 3.8) is 0 Å². The summed E-state index contributed by atoms with van der Waals surface area (Å²) in [6.07, 6.45) is -5.32. The minimum Gasteiger partial charge on any atom is -0.394 e. The van der Waals surface area contributed by atoms with Crippen LogP contribution >= 0.6 is 0 Å². The third-order valence-electron chi connectivity index (χ3n) is 3.41. The summed E-state index contributed by atoms with van der Waals surface area (Å²) in [7, 11) is 0. The van der Waals surface area contributed by atoms with Crippen molar-refractivity contribution in [2.45, 2.75) is 55.7 Å². The standard InChI is InChI=1S/C12H26O8/c1-11(19,2-8(16)5-13)12(20,3-9(17)6-14)4-10(18)7-15/h8-10,13-20H,2-7H2,1H3. The molecule has 0 fully saturated rings. The molecule has 0 aliphatic heterocycles. The zero-order chi connectivity index (χ0) is 16.0. The van der Waals surface area contributed by atoms with Gasteiger partial charge in [0, 0.05) is 19.3 Å². The molecule has 20 heavy (non-hydrogen) atoms. The summed E-state index contributed by atoms with van der Waals surface area (Å²) < 4.78 is 0. The first-order valence-corrected chi connectivity index (χ1v) is 6.43. The van der Waals surface area contributed by atoms with E-state index in [-0.39, 0.29) is 0 Å². The predicted molar refractivity (Wildman–Crippen MR) is 68.7 cm³/mol. The highest BCUT2D eigenvalue weighted by atomic mass is 16.4. The maximum Gasteiger partial charge on any atom is 0.0982 e. The van der Waals surface area contributed by atoms with E-state index in [1.165, 1.54) is 6.92 Å². The van der Waals surface area contributed by atoms with E-state index in [0.29, 0.717) is 0 Å². The molecule has 8 N–H and O–H groups in total. The van der Waals surface area contributed by atoms with Gasteiger partial charge in [0.25, 0.3) is 0 Å². The predicted octanol–water partition coefficient (Wildman–Crippen LogP) is -3.30. The first kappa shape index (κ1) is 19.7. The van der Waals surface area contributed by atoms with E-state index in [9.17, 15) is 25.5 Å². The van der Waals surface area contributed by atoms with Crippen LogP contribution in [0.3, 0.4) is 0 Å². The van der Waals surface area contributed by atoms with E-state index in [2.05, 4.69) is 0 Å². The SMILES string of the molecule is CC(O)(CC(O)CO)C(O)(CC(O)CO)CC(O)CO. The van der Waals surface area contributed by atoms with Crippen molar-refractivity contribution in [1.82, 2.24) is 0 Å². The van der Waals surface area contributed by atoms with E-state index < -0.39 is 68.6 Å². The van der Waals surface area contributed by atoms with E-state index >= 15 is 0 Å². The second-order valence-electron chi connectivity index (χ2n) is 5.43. The van der Waals surface area contributed by atoms with Gasteiger partial charge in [-0.3, -0.25) is 0 Å². The van der Waals surface area contributed by atoms with Gasteiger partial charge >= 0.3 is 0 Å². The molecule has 8 nitrogen and oxygen atoms in total. The first-order chi connectivity index (χ1) is 9.11. The van der Waals surface area contributed by atoms with Crippen molar-refractivity contribution in [3.8, 4) is 0 Å². The van der Waals surface area contributed by atoms with Crippen LogP contribution < -0.4 is 0 Å². The minimum absolute atomic E-state index is 0.406. The van der Waals surface area contributed by atoms with E-state index in [4.69, 9.17) is 15.3 Å². The molecule has 0 saturated carbocycles. The smallest absolute Gasteiger partial charge is 0.0982 e. The topological polar surface area (TPSA) is 162 Å². The number of hydrogen-bond donors (Lipinski definition) is 8. The van der Waals surface area contributed by atoms with Crippen molar-refractivity contribution >= 4 is 0 Å². The highest BCUT2D eigenvalue weighted by molar-refractivity contribution is 5.00. The Morgan fingerprint density at radius 2 is 1.00 bits per heavy atom. The van der Waals surface area contributed by atoms with Gasteiger partial charge < -0.3 is 40.9 Å². The van der Waals surface area contributed by atoms with Crippen LogP contribution in [-0.4, -0.2) is 90.2 Å². The first-order valence-electron chi connectivity index (χ1n) is 6.43. The van der Waals surface area contributed by atoms with Crippen molar-refractivity contribution in [2.24, 2.45) is 0 Å². The largest absolute Gasteiger partial charge is 0.394 e. The molecule has 0 aliphatic rings. The zero-order valence-electron chi connectivity index (χ0n) is 11.6. The Morgan fingerprint density at radius 1 is 0.700 bits per heavy atom. The Morgan fingerprint density at radius 3 is 1.30 bits per heavy atom. The van der Waals surface area contributed by atoms with Crippen LogP contribution in [0.2, 0.25) is 0 Å². The van der Waals surface area contributed by atoms with Crippen LogP contribution in [0, 0.1) is 0 Å². The summed E-state index contributed by atoms with van der Waals surface area (Å²) in [4.78, 5) is 0. The highest BCUT2D eigenvalue weighted by Gasteiger charge is 2.48. The lowest BCUT2D eigenvalue weighted by molar-refractivity contribution is -0.191. The van der Waals surface area contributed by atoms with E-state index in [1.54, 1.807) is 0 Å². The summed E-state index contributed by atoms with van der Waals surface area (Å²) in [6.45, 7) is -0.760. The van der Waals surface area contributed by atoms with Gasteiger partial charge in [0.05, 0.1) is 49.3 Å². The summed E-state index contributed by atoms with van der Waals surface area (Å²) in [5.74, 6) is 0. The maximum atomic E-state index is 10.5. The Balaban J connectivity index is 5.15. The fourth-order valence-corrected chi connectivity index (χ4v) is 2.15. The molecular weight excluding hydrogens is 272 g/mol. The van der Waals surface area contributed by atoms with Crippen molar-refractivity contribution < 1.29 is 40.9 Å². The number of aliphatic hydroxyl groups is 8. The Bertz CT molecular complexity index is 258. The van der Waals surface area contributed by atoms with Gasteiger partial charge in [0.15, 0.2) is 0 Å². The molecule has 0 aromatic rings. The van der Waals surface area contributed by atoms with Crippen LogP contribution in [0.4, 0.5) is 0 Å². The van der Waals surface area contributed by atoms with Crippen LogP contribution in [0.5, 0.6) is 0 Å². The molecule has 0 heterocycles. The number of hydrogen-bond acceptors (Lipinski definition) is 8. The minimum atomic E-state index is -2.06. The second-order valence-corrected chi connectivity index (χ2v) is 5.43. The van der Waals surface area contributed by atoms with Gasteiger partial charge in [-0.05, 0) is 6.92 Å². The quantitative estimate of drug-likeness (QED) is 0.208. The molecule has 0 aliphatic carbocycles. The molecule has 0 saturated heterocycles. The van der Waals surface area contributed by atoms with E-state index in [0.717, 1.165) is 0 Å². The summed E-state index contributed by atoms with van der Waals surface area (Å²) in [6, 6.07) is 0. The third-order valence-corrected chi connectivity index (χ3v) is 3.41. The van der Waals surface area contributed by atoms with Gasteiger partial charge in [-0.15, -0.1) is 0 Å². The van der Waals surface area contributed by atoms with Crippen LogP contribution in [0.15, 0.2) is 0 Å². The van der Waals surface area contributed by atoms with Gasteiger partial charge in [-0.2, -0.15) is 0 Å². The van der Waals surface area contributed by atoms with Gasteiger partial charge in [0.1, 0.15) is 0 Å². The van der Waals surface area contributed by atoms with Gasteiger partial charge in [0.2, 0.25) is 0 Å². The molecule has 4 atom stereocenters. The molecule has 0 aromatic heterocycles. The number of aliphatic hydroxyl groups excluding tert-OH is 6. The van der Waals surface area contributed by atoms with Gasteiger partial charge in [-0.1, -0.05) is 0 Å². The molecule has 0 amide bonds. The Labute approximate surface area is 117 Å². The lowest BCUT2D eigenvalue weighted by atomic mass is 9.73. The van der Waals surface area contributed by atoms with Crippen molar-refractivity contribution in [3.05, 3.63) is 0 Å². The summed E-state index contributed by atoms with van der Waals surface area (Å²) >= 11 is 0. The van der Waals surface area contributed by atoms with Crippen LogP contribution in [0.1, 0.15) is 26.2 Å². The average molecular weight is 298 g/mol. The summed E-state index contributed by atoms with van der Waals surface area (Å²) in [5, 5.41) is 75.6. The normalized spacial score (nSPS) is 22.6. The molecule has 0 rings (SSSR count). The van der Waals surface area contributed by atoms with Gasteiger partial charge in [-0.25, -0.2) is 0 Å². The third kappa shape index (κ3) is 5.58. The number of rotatable bonds is 10. The average Bonchev–Trinajstić information content (AvgIpc) is 2.37. The Hall–Kier alpha value is -0.320. The molecule has 0 bridgehead atoms. The molecule has 4 unspecified atom stereocenters. The molecule has 122 valence electrons. The molecule has 0 aromatic carbocycles. The highest BCUT2D eigenvalue weighted by Crippen LogP contribution is 2.35. The zero-order valence-corrected chi connectivity index (χ0v) is 11.6. The molecule has 8 heteroatoms. The monoisotopic (exact) mass is 298 g/mol. The van der Waals surface area contributed by atoms with Crippen LogP contribution in [0.25, 0.3) is 0 Å². The van der Waals surface area contributed by atoms with E-state index in [1.807, 2.05) is 0 Å². The molecular formula is C12H26O8. The maximum absolute atomic E-state index is 10.5. The lowest BCUT2D eigenvalue weighted by Crippen LogP contribution is -2.57. The fourth-order valence-electron chi connectivity index (χ4n) is 2.15. The lowest BCUT2D eigenvalue weighted by Gasteiger charge is -2.44.